The number of rotatable bonds is 6. The molecule has 3 aliphatic heterocycles. The molecule has 0 radical (unpaired) electrons. The van der Waals surface area contributed by atoms with Crippen LogP contribution in [0.4, 0.5) is 0 Å². The van der Waals surface area contributed by atoms with Gasteiger partial charge in [0.25, 0.3) is 5.91 Å². The van der Waals surface area contributed by atoms with E-state index in [1.165, 1.54) is 28.9 Å². The Morgan fingerprint density at radius 3 is 2.67 bits per heavy atom. The number of nitrogens with one attached hydrogen (secondary N) is 1. The summed E-state index contributed by atoms with van der Waals surface area (Å²) in [5.74, 6) is 0.230. The molecule has 6 nitrogen and oxygen atoms in total. The Bertz CT molecular complexity index is 993. The van der Waals surface area contributed by atoms with Crippen LogP contribution in [0.2, 0.25) is 0 Å². The second kappa shape index (κ2) is 10.3. The fourth-order valence-electron chi connectivity index (χ4n) is 5.23. The molecule has 3 heterocycles. The van der Waals surface area contributed by atoms with Gasteiger partial charge in [-0.3, -0.25) is 14.5 Å². The van der Waals surface area contributed by atoms with Gasteiger partial charge in [-0.1, -0.05) is 48.5 Å². The maximum Gasteiger partial charge on any atom is 0.261 e. The molecule has 1 aromatic carbocycles. The molecular formula is C26H32N4O2S. The number of aliphatic imine (C=N–C) groups is 2. The van der Waals surface area contributed by atoms with Crippen LogP contribution in [0.5, 0.6) is 0 Å². The molecular weight excluding hydrogens is 432 g/mol. The van der Waals surface area contributed by atoms with Crippen LogP contribution in [0.25, 0.3) is 0 Å². The molecule has 0 saturated carbocycles. The van der Waals surface area contributed by atoms with Gasteiger partial charge in [0.15, 0.2) is 0 Å². The maximum atomic E-state index is 12.8. The number of nitrogens with zero attached hydrogens (tertiary/aromatic N) is 3. The standard InChI is InChI=1S/C26H32N4O2S/c31-23(27-19-13-15-30(16-14-19)17-18-7-3-1-4-8-18)12-11-22-28-25(32)24-20-9-5-2-6-10-21(20)33-26(24)29-22/h1,3-4,7-8,19,24H,2,5-6,9-17H2,(H,27,31). The van der Waals surface area contributed by atoms with E-state index in [0.717, 1.165) is 56.8 Å². The minimum absolute atomic E-state index is 0.0296. The molecule has 33 heavy (non-hydrogen) atoms. The highest BCUT2D eigenvalue weighted by Gasteiger charge is 2.40. The lowest BCUT2D eigenvalue weighted by atomic mass is 9.94. The fourth-order valence-corrected chi connectivity index (χ4v) is 6.60. The molecule has 2 amide bonds. The summed E-state index contributed by atoms with van der Waals surface area (Å²) in [5.41, 5.74) is 2.60. The number of hydrogen-bond acceptors (Lipinski definition) is 5. The van der Waals surface area contributed by atoms with Gasteiger partial charge in [0.05, 0.1) is 5.04 Å². The largest absolute Gasteiger partial charge is 0.353 e. The number of hydrogen-bond donors (Lipinski definition) is 1. The van der Waals surface area contributed by atoms with Crippen molar-refractivity contribution in [2.75, 3.05) is 13.1 Å². The molecule has 0 aromatic heterocycles. The van der Waals surface area contributed by atoms with Crippen molar-refractivity contribution in [2.45, 2.75) is 70.4 Å². The predicted molar refractivity (Wildman–Crippen MR) is 133 cm³/mol. The van der Waals surface area contributed by atoms with Gasteiger partial charge < -0.3 is 5.32 Å². The van der Waals surface area contributed by atoms with Crippen molar-refractivity contribution in [3.63, 3.8) is 0 Å². The van der Waals surface area contributed by atoms with E-state index in [4.69, 9.17) is 4.99 Å². The highest BCUT2D eigenvalue weighted by atomic mass is 32.2. The molecule has 5 rings (SSSR count). The summed E-state index contributed by atoms with van der Waals surface area (Å²) in [4.78, 5) is 38.1. The first kappa shape index (κ1) is 22.5. The van der Waals surface area contributed by atoms with Crippen LogP contribution < -0.4 is 5.32 Å². The van der Waals surface area contributed by atoms with Crippen molar-refractivity contribution in [1.29, 1.82) is 0 Å². The zero-order valence-electron chi connectivity index (χ0n) is 19.1. The van der Waals surface area contributed by atoms with Gasteiger partial charge in [-0.15, -0.1) is 0 Å². The molecule has 1 aromatic rings. The number of carbonyl (C=O) groups excluding carboxylic acids is 2. The van der Waals surface area contributed by atoms with Gasteiger partial charge in [-0.2, -0.15) is 4.99 Å². The quantitative estimate of drug-likeness (QED) is 0.674. The molecule has 7 heteroatoms. The van der Waals surface area contributed by atoms with Crippen LogP contribution >= 0.6 is 11.8 Å². The Kier molecular flexibility index (Phi) is 7.07. The summed E-state index contributed by atoms with van der Waals surface area (Å²) in [5, 5.41) is 4.07. The Morgan fingerprint density at radius 1 is 1.06 bits per heavy atom. The summed E-state index contributed by atoms with van der Waals surface area (Å²) in [7, 11) is 0. The SMILES string of the molecule is O=C(CCC1=NC(=O)C2C(=N1)SC1=C2CCCCC1)NC1CCN(Cc2ccccc2)CC1. The zero-order chi connectivity index (χ0) is 22.6. The lowest BCUT2D eigenvalue weighted by Gasteiger charge is -2.32. The summed E-state index contributed by atoms with van der Waals surface area (Å²) in [6.45, 7) is 2.95. The van der Waals surface area contributed by atoms with E-state index in [1.807, 2.05) is 6.07 Å². The van der Waals surface area contributed by atoms with Gasteiger partial charge in [0, 0.05) is 38.5 Å². The highest BCUT2D eigenvalue weighted by Crippen LogP contribution is 2.46. The molecule has 1 saturated heterocycles. The molecule has 0 bridgehead atoms. The van der Waals surface area contributed by atoms with Crippen LogP contribution in [0.1, 0.15) is 63.4 Å². The first-order valence-corrected chi connectivity index (χ1v) is 13.1. The number of fused-ring (bicyclic) bond motifs is 2. The zero-order valence-corrected chi connectivity index (χ0v) is 19.9. The van der Waals surface area contributed by atoms with E-state index in [-0.39, 0.29) is 23.8 Å². The summed E-state index contributed by atoms with van der Waals surface area (Å²) < 4.78 is 0. The van der Waals surface area contributed by atoms with Crippen LogP contribution in [0.3, 0.4) is 0 Å². The van der Waals surface area contributed by atoms with E-state index in [9.17, 15) is 9.59 Å². The summed E-state index contributed by atoms with van der Waals surface area (Å²) in [6, 6.07) is 10.7. The van der Waals surface area contributed by atoms with Gasteiger partial charge in [-0.25, -0.2) is 4.99 Å². The smallest absolute Gasteiger partial charge is 0.261 e. The first-order valence-electron chi connectivity index (χ1n) is 12.3. The minimum atomic E-state index is -0.234. The van der Waals surface area contributed by atoms with Gasteiger partial charge in [0.1, 0.15) is 11.8 Å². The molecule has 1 aliphatic carbocycles. The van der Waals surface area contributed by atoms with Gasteiger partial charge in [0.2, 0.25) is 5.91 Å². The second-order valence-electron chi connectivity index (χ2n) is 9.46. The molecule has 1 fully saturated rings. The fraction of sp³-hybridized carbons (Fsp3) is 0.538. The molecule has 174 valence electrons. The van der Waals surface area contributed by atoms with Crippen molar-refractivity contribution < 1.29 is 9.59 Å². The average molecular weight is 465 g/mol. The predicted octanol–water partition coefficient (Wildman–Crippen LogP) is 4.47. The monoisotopic (exact) mass is 464 g/mol. The highest BCUT2D eigenvalue weighted by molar-refractivity contribution is 8.17. The first-order chi connectivity index (χ1) is 16.2. The van der Waals surface area contributed by atoms with Crippen LogP contribution in [-0.4, -0.2) is 46.7 Å². The van der Waals surface area contributed by atoms with Crippen molar-refractivity contribution >= 4 is 34.5 Å². The third-order valence-electron chi connectivity index (χ3n) is 7.03. The van der Waals surface area contributed by atoms with Crippen molar-refractivity contribution in [3.8, 4) is 0 Å². The number of likely N-dealkylation sites (tertiary alicyclic amines) is 1. The van der Waals surface area contributed by atoms with Gasteiger partial charge in [-0.05, 0) is 54.6 Å². The van der Waals surface area contributed by atoms with Crippen molar-refractivity contribution in [1.82, 2.24) is 10.2 Å². The third kappa shape index (κ3) is 5.46. The average Bonchev–Trinajstić information content (AvgIpc) is 3.01. The van der Waals surface area contributed by atoms with Crippen molar-refractivity contribution in [3.05, 3.63) is 46.4 Å². The number of piperidine rings is 1. The summed E-state index contributed by atoms with van der Waals surface area (Å²) in [6.07, 6.45) is 8.32. The summed E-state index contributed by atoms with van der Waals surface area (Å²) >= 11 is 1.69. The normalized spacial score (nSPS) is 24.0. The third-order valence-corrected chi connectivity index (χ3v) is 8.28. The number of amidine groups is 1. The van der Waals surface area contributed by atoms with E-state index < -0.39 is 0 Å². The number of carbonyl (C=O) groups is 2. The second-order valence-corrected chi connectivity index (χ2v) is 10.6. The van der Waals surface area contributed by atoms with Crippen LogP contribution in [-0.2, 0) is 16.1 Å². The maximum absolute atomic E-state index is 12.8. The molecule has 1 N–H and O–H groups in total. The van der Waals surface area contributed by atoms with Crippen LogP contribution in [0.15, 0.2) is 50.8 Å². The number of thioether (sulfide) groups is 1. The van der Waals surface area contributed by atoms with Gasteiger partial charge >= 0.3 is 0 Å². The number of benzene rings is 1. The number of allylic oxidation sites excluding steroid dienone is 1. The minimum Gasteiger partial charge on any atom is -0.353 e. The van der Waals surface area contributed by atoms with E-state index in [1.54, 1.807) is 11.8 Å². The molecule has 0 spiro atoms. The topological polar surface area (TPSA) is 74.1 Å². The van der Waals surface area contributed by atoms with Crippen LogP contribution in [0, 0.1) is 5.92 Å². The van der Waals surface area contributed by atoms with E-state index >= 15 is 0 Å². The van der Waals surface area contributed by atoms with E-state index in [0.29, 0.717) is 18.7 Å². The Labute approximate surface area is 200 Å². The molecule has 1 atom stereocenters. The lowest BCUT2D eigenvalue weighted by Crippen LogP contribution is -2.44. The molecule has 1 unspecified atom stereocenters. The lowest BCUT2D eigenvalue weighted by molar-refractivity contribution is -0.122. The Morgan fingerprint density at radius 2 is 1.85 bits per heavy atom. The molecule has 4 aliphatic rings. The Hall–Kier alpha value is -2.25. The van der Waals surface area contributed by atoms with Crippen molar-refractivity contribution in [2.24, 2.45) is 15.9 Å². The van der Waals surface area contributed by atoms with E-state index in [2.05, 4.69) is 39.5 Å². The Balaban J connectivity index is 1.07. The number of amides is 2.